The second-order valence-corrected chi connectivity index (χ2v) is 4.43. The number of carbonyl (C=O) groups is 2. The van der Waals surface area contributed by atoms with E-state index in [1.54, 1.807) is 9.80 Å². The quantitative estimate of drug-likeness (QED) is 0.316. The third-order valence-corrected chi connectivity index (χ3v) is 2.69. The Morgan fingerprint density at radius 1 is 1.05 bits per heavy atom. The Labute approximate surface area is 112 Å². The van der Waals surface area contributed by atoms with Gasteiger partial charge in [0.1, 0.15) is 0 Å². The van der Waals surface area contributed by atoms with Crippen LogP contribution in [-0.2, 0) is 9.59 Å². The molecule has 8 heteroatoms. The smallest absolute Gasteiger partial charge is 0.231 e. The maximum atomic E-state index is 10.9. The molecule has 0 aliphatic carbocycles. The fourth-order valence-electron chi connectivity index (χ4n) is 1.87. The molecule has 0 aromatic carbocycles. The predicted octanol–water partition coefficient (Wildman–Crippen LogP) is -3.07. The van der Waals surface area contributed by atoms with E-state index >= 15 is 0 Å². The van der Waals surface area contributed by atoms with Crippen LogP contribution in [0.5, 0.6) is 0 Å². The first-order valence-corrected chi connectivity index (χ1v) is 6.15. The van der Waals surface area contributed by atoms with Crippen molar-refractivity contribution in [2.24, 2.45) is 11.5 Å². The molecule has 112 valence electrons. The van der Waals surface area contributed by atoms with Crippen molar-refractivity contribution in [2.75, 3.05) is 45.9 Å². The van der Waals surface area contributed by atoms with Crippen molar-refractivity contribution in [1.29, 1.82) is 0 Å². The molecule has 0 saturated carbocycles. The number of amides is 2. The summed E-state index contributed by atoms with van der Waals surface area (Å²) in [5.41, 5.74) is 10.3. The van der Waals surface area contributed by atoms with Crippen molar-refractivity contribution in [3.63, 3.8) is 0 Å². The van der Waals surface area contributed by atoms with Crippen molar-refractivity contribution in [1.82, 2.24) is 9.80 Å². The average Bonchev–Trinajstić information content (AvgIpc) is 2.27. The minimum atomic E-state index is -0.482. The van der Waals surface area contributed by atoms with Gasteiger partial charge in [0.25, 0.3) is 0 Å². The summed E-state index contributed by atoms with van der Waals surface area (Å²) < 4.78 is 0. The zero-order valence-corrected chi connectivity index (χ0v) is 11.3. The molecule has 0 aromatic heterocycles. The van der Waals surface area contributed by atoms with Gasteiger partial charge < -0.3 is 21.7 Å². The van der Waals surface area contributed by atoms with Crippen LogP contribution in [0.1, 0.15) is 6.92 Å². The number of primary amides is 2. The number of nitrogens with zero attached hydrogens (tertiary/aromatic N) is 2. The first-order valence-electron chi connectivity index (χ1n) is 6.15. The molecule has 0 aromatic rings. The Balaban J connectivity index is 4.49. The summed E-state index contributed by atoms with van der Waals surface area (Å²) in [6.07, 6.45) is 0. The lowest BCUT2D eigenvalue weighted by molar-refractivity contribution is -0.121. The molecule has 0 radical (unpaired) electrons. The van der Waals surface area contributed by atoms with Crippen molar-refractivity contribution in [3.05, 3.63) is 0 Å². The van der Waals surface area contributed by atoms with E-state index in [1.807, 2.05) is 6.92 Å². The van der Waals surface area contributed by atoms with Gasteiger partial charge >= 0.3 is 0 Å². The van der Waals surface area contributed by atoms with Crippen LogP contribution in [0.4, 0.5) is 0 Å². The van der Waals surface area contributed by atoms with Gasteiger partial charge in [-0.1, -0.05) is 0 Å². The number of hydrogen-bond donors (Lipinski definition) is 4. The lowest BCUT2D eigenvalue weighted by Gasteiger charge is -2.31. The minimum absolute atomic E-state index is 0.0330. The fourth-order valence-corrected chi connectivity index (χ4v) is 1.87. The molecule has 0 rings (SSSR count). The highest BCUT2D eigenvalue weighted by atomic mass is 16.3. The van der Waals surface area contributed by atoms with Gasteiger partial charge in [-0.3, -0.25) is 19.4 Å². The number of rotatable bonds is 11. The normalized spacial score (nSPS) is 12.9. The van der Waals surface area contributed by atoms with E-state index in [2.05, 4.69) is 0 Å². The lowest BCUT2D eigenvalue weighted by Crippen LogP contribution is -2.48. The van der Waals surface area contributed by atoms with Crippen LogP contribution in [0, 0.1) is 0 Å². The van der Waals surface area contributed by atoms with Crippen molar-refractivity contribution >= 4 is 11.8 Å². The van der Waals surface area contributed by atoms with E-state index in [-0.39, 0.29) is 32.3 Å². The summed E-state index contributed by atoms with van der Waals surface area (Å²) in [5.74, 6) is -0.965. The molecular formula is C11H24N4O4. The first kappa shape index (κ1) is 17.8. The van der Waals surface area contributed by atoms with Crippen molar-refractivity contribution in [3.8, 4) is 0 Å². The molecule has 0 spiro atoms. The van der Waals surface area contributed by atoms with Gasteiger partial charge in [0.15, 0.2) is 0 Å². The standard InChI is InChI=1S/C11H24N4O4/c1-9(15(3-5-17)8-11(13)19)6-14(2-4-16)7-10(12)18/h9,16-17H,2-8H2,1H3,(H2,12,18)(H2,13,19)/t9-/m1/s1. The van der Waals surface area contributed by atoms with E-state index in [4.69, 9.17) is 21.7 Å². The zero-order valence-electron chi connectivity index (χ0n) is 11.3. The summed E-state index contributed by atoms with van der Waals surface area (Å²) >= 11 is 0. The van der Waals surface area contributed by atoms with Gasteiger partial charge in [-0.15, -0.1) is 0 Å². The molecule has 8 nitrogen and oxygen atoms in total. The molecule has 0 fully saturated rings. The van der Waals surface area contributed by atoms with Crippen LogP contribution < -0.4 is 11.5 Å². The Morgan fingerprint density at radius 3 is 2.00 bits per heavy atom. The number of nitrogens with two attached hydrogens (primary N) is 2. The topological polar surface area (TPSA) is 133 Å². The highest BCUT2D eigenvalue weighted by Gasteiger charge is 2.19. The Hall–Kier alpha value is -1.22. The monoisotopic (exact) mass is 276 g/mol. The van der Waals surface area contributed by atoms with E-state index < -0.39 is 11.8 Å². The average molecular weight is 276 g/mol. The van der Waals surface area contributed by atoms with Gasteiger partial charge in [-0.2, -0.15) is 0 Å². The van der Waals surface area contributed by atoms with Crippen LogP contribution in [0.3, 0.4) is 0 Å². The number of carbonyl (C=O) groups excluding carboxylic acids is 2. The molecular weight excluding hydrogens is 252 g/mol. The molecule has 0 unspecified atom stereocenters. The summed E-state index contributed by atoms with van der Waals surface area (Å²) in [6, 6.07) is -0.106. The van der Waals surface area contributed by atoms with E-state index in [1.165, 1.54) is 0 Å². The zero-order chi connectivity index (χ0) is 14.8. The molecule has 1 atom stereocenters. The number of aliphatic hydroxyl groups is 2. The van der Waals surface area contributed by atoms with Gasteiger partial charge in [0, 0.05) is 25.7 Å². The highest BCUT2D eigenvalue weighted by Crippen LogP contribution is 2.02. The maximum Gasteiger partial charge on any atom is 0.231 e. The molecule has 0 aliphatic heterocycles. The van der Waals surface area contributed by atoms with Crippen molar-refractivity contribution in [2.45, 2.75) is 13.0 Å². The summed E-state index contributed by atoms with van der Waals surface area (Å²) in [6.45, 7) is 2.81. The minimum Gasteiger partial charge on any atom is -0.395 e. The summed E-state index contributed by atoms with van der Waals surface area (Å²) in [4.78, 5) is 25.3. The van der Waals surface area contributed by atoms with Crippen LogP contribution in [-0.4, -0.2) is 83.8 Å². The summed E-state index contributed by atoms with van der Waals surface area (Å²) in [5, 5.41) is 17.9. The third-order valence-electron chi connectivity index (χ3n) is 2.69. The van der Waals surface area contributed by atoms with Crippen LogP contribution >= 0.6 is 0 Å². The molecule has 0 aliphatic rings. The van der Waals surface area contributed by atoms with Gasteiger partial charge in [-0.25, -0.2) is 0 Å². The molecule has 0 saturated heterocycles. The molecule has 0 heterocycles. The Bertz CT molecular complexity index is 288. The van der Waals surface area contributed by atoms with Gasteiger partial charge in [-0.05, 0) is 6.92 Å². The SMILES string of the molecule is C[C@H](CN(CCO)CC(N)=O)N(CCO)CC(N)=O. The van der Waals surface area contributed by atoms with Crippen molar-refractivity contribution < 1.29 is 19.8 Å². The van der Waals surface area contributed by atoms with E-state index in [0.717, 1.165) is 0 Å². The molecule has 6 N–H and O–H groups in total. The largest absolute Gasteiger partial charge is 0.395 e. The first-order chi connectivity index (χ1) is 8.90. The second-order valence-electron chi connectivity index (χ2n) is 4.43. The van der Waals surface area contributed by atoms with E-state index in [9.17, 15) is 9.59 Å². The lowest BCUT2D eigenvalue weighted by atomic mass is 10.2. The molecule has 19 heavy (non-hydrogen) atoms. The second kappa shape index (κ2) is 9.68. The Morgan fingerprint density at radius 2 is 1.58 bits per heavy atom. The number of aliphatic hydroxyl groups excluding tert-OH is 2. The maximum absolute atomic E-state index is 10.9. The van der Waals surface area contributed by atoms with Gasteiger partial charge in [0.05, 0.1) is 26.3 Å². The van der Waals surface area contributed by atoms with Gasteiger partial charge in [0.2, 0.25) is 11.8 Å². The third kappa shape index (κ3) is 8.49. The van der Waals surface area contributed by atoms with Crippen LogP contribution in [0.2, 0.25) is 0 Å². The number of hydrogen-bond acceptors (Lipinski definition) is 6. The molecule has 2 amide bonds. The van der Waals surface area contributed by atoms with Crippen LogP contribution in [0.15, 0.2) is 0 Å². The Kier molecular flexibility index (Phi) is 9.06. The summed E-state index contributed by atoms with van der Waals surface area (Å²) in [7, 11) is 0. The molecule has 0 bridgehead atoms. The van der Waals surface area contributed by atoms with Crippen LogP contribution in [0.25, 0.3) is 0 Å². The van der Waals surface area contributed by atoms with E-state index in [0.29, 0.717) is 19.6 Å². The highest BCUT2D eigenvalue weighted by molar-refractivity contribution is 5.76. The fraction of sp³-hybridized carbons (Fsp3) is 0.818. The predicted molar refractivity (Wildman–Crippen MR) is 70.0 cm³/mol.